The largest absolute Gasteiger partial charge is 0.369 e. The number of aryl methyl sites for hydroxylation is 1. The molecule has 1 fully saturated rings. The number of rotatable bonds is 9. The molecule has 2 rings (SSSR count). The monoisotopic (exact) mass is 454 g/mol. The molecule has 28 heavy (non-hydrogen) atoms. The van der Waals surface area contributed by atoms with Crippen LogP contribution in [0.4, 0.5) is 5.69 Å². The second-order valence-corrected chi connectivity index (χ2v) is 7.24. The standard InChI is InChI=1S/C20H34N4O.3ClH/c1-17-6-5-7-19(16-17)24-14-12-23(13-15-24)11-4-3-10-22-20(25)9-8-18(2)21;;;/h5-7,16,18H,3-4,8-15,21H2,1-2H3,(H,22,25);3*1H. The zero-order chi connectivity index (χ0) is 18.1. The molecule has 1 aliphatic rings. The highest BCUT2D eigenvalue weighted by Gasteiger charge is 2.16. The van der Waals surface area contributed by atoms with Crippen LogP contribution in [0, 0.1) is 6.92 Å². The minimum atomic E-state index is 0. The Hall–Kier alpha value is -0.720. The number of unbranched alkanes of at least 4 members (excludes halogenated alkanes) is 1. The summed E-state index contributed by atoms with van der Waals surface area (Å²) >= 11 is 0. The zero-order valence-electron chi connectivity index (χ0n) is 17.1. The number of amides is 1. The normalized spacial score (nSPS) is 14.9. The number of nitrogens with two attached hydrogens (primary N) is 1. The number of benzene rings is 1. The first-order valence-corrected chi connectivity index (χ1v) is 9.61. The number of carbonyl (C=O) groups excluding carboxylic acids is 1. The lowest BCUT2D eigenvalue weighted by molar-refractivity contribution is -0.121. The average molecular weight is 456 g/mol. The predicted octanol–water partition coefficient (Wildman–Crippen LogP) is 3.41. The van der Waals surface area contributed by atoms with Crippen LogP contribution in [-0.4, -0.2) is 56.1 Å². The van der Waals surface area contributed by atoms with Crippen molar-refractivity contribution in [3.8, 4) is 0 Å². The topological polar surface area (TPSA) is 61.6 Å². The molecule has 0 saturated carbocycles. The first kappa shape index (κ1) is 29.5. The van der Waals surface area contributed by atoms with Crippen molar-refractivity contribution >= 4 is 48.8 Å². The molecule has 1 aromatic rings. The summed E-state index contributed by atoms with van der Waals surface area (Å²) in [7, 11) is 0. The smallest absolute Gasteiger partial charge is 0.220 e. The van der Waals surface area contributed by atoms with Crippen molar-refractivity contribution in [2.75, 3.05) is 44.2 Å². The second kappa shape index (κ2) is 16.1. The molecule has 0 radical (unpaired) electrons. The zero-order valence-corrected chi connectivity index (χ0v) is 19.5. The van der Waals surface area contributed by atoms with E-state index in [1.165, 1.54) is 11.3 Å². The maximum Gasteiger partial charge on any atom is 0.220 e. The molecular weight excluding hydrogens is 419 g/mol. The van der Waals surface area contributed by atoms with Crippen LogP contribution in [0.3, 0.4) is 0 Å². The highest BCUT2D eigenvalue weighted by atomic mass is 35.5. The van der Waals surface area contributed by atoms with Gasteiger partial charge >= 0.3 is 0 Å². The van der Waals surface area contributed by atoms with Gasteiger partial charge in [-0.1, -0.05) is 12.1 Å². The third-order valence-corrected chi connectivity index (χ3v) is 4.79. The molecule has 1 aliphatic heterocycles. The lowest BCUT2D eigenvalue weighted by Crippen LogP contribution is -2.46. The van der Waals surface area contributed by atoms with Gasteiger partial charge in [0.1, 0.15) is 0 Å². The second-order valence-electron chi connectivity index (χ2n) is 7.24. The Morgan fingerprint density at radius 2 is 1.82 bits per heavy atom. The van der Waals surface area contributed by atoms with Gasteiger partial charge in [0.05, 0.1) is 0 Å². The number of carbonyl (C=O) groups is 1. The van der Waals surface area contributed by atoms with Gasteiger partial charge in [-0.25, -0.2) is 0 Å². The number of hydrogen-bond acceptors (Lipinski definition) is 4. The molecule has 0 aromatic heterocycles. The van der Waals surface area contributed by atoms with Crippen molar-refractivity contribution in [3.05, 3.63) is 29.8 Å². The molecule has 1 amide bonds. The van der Waals surface area contributed by atoms with E-state index in [0.29, 0.717) is 6.42 Å². The SMILES string of the molecule is Cc1cccc(N2CCN(CCCCNC(=O)CCC(C)N)CC2)c1.Cl.Cl.Cl. The minimum absolute atomic E-state index is 0. The van der Waals surface area contributed by atoms with E-state index in [2.05, 4.69) is 46.3 Å². The highest BCUT2D eigenvalue weighted by Crippen LogP contribution is 2.17. The van der Waals surface area contributed by atoms with Crippen LogP contribution < -0.4 is 16.0 Å². The van der Waals surface area contributed by atoms with E-state index in [9.17, 15) is 4.79 Å². The lowest BCUT2D eigenvalue weighted by atomic mass is 10.2. The van der Waals surface area contributed by atoms with E-state index in [-0.39, 0.29) is 49.2 Å². The molecule has 8 heteroatoms. The average Bonchev–Trinajstić information content (AvgIpc) is 2.60. The van der Waals surface area contributed by atoms with Crippen molar-refractivity contribution in [2.45, 2.75) is 45.6 Å². The van der Waals surface area contributed by atoms with Crippen molar-refractivity contribution in [3.63, 3.8) is 0 Å². The van der Waals surface area contributed by atoms with Crippen molar-refractivity contribution in [2.24, 2.45) is 5.73 Å². The van der Waals surface area contributed by atoms with Crippen molar-refractivity contribution in [1.29, 1.82) is 0 Å². The van der Waals surface area contributed by atoms with E-state index < -0.39 is 0 Å². The Kier molecular flexibility index (Phi) is 17.0. The van der Waals surface area contributed by atoms with E-state index in [1.54, 1.807) is 0 Å². The summed E-state index contributed by atoms with van der Waals surface area (Å²) in [5, 5.41) is 2.99. The summed E-state index contributed by atoms with van der Waals surface area (Å²) in [6.45, 7) is 10.4. The molecule has 3 N–H and O–H groups in total. The maximum absolute atomic E-state index is 11.6. The lowest BCUT2D eigenvalue weighted by Gasteiger charge is -2.36. The molecule has 0 bridgehead atoms. The fraction of sp³-hybridized carbons (Fsp3) is 0.650. The molecule has 5 nitrogen and oxygen atoms in total. The van der Waals surface area contributed by atoms with Gasteiger partial charge < -0.3 is 16.0 Å². The van der Waals surface area contributed by atoms with Crippen LogP contribution in [0.2, 0.25) is 0 Å². The Balaban J connectivity index is 0. The quantitative estimate of drug-likeness (QED) is 0.560. The van der Waals surface area contributed by atoms with Crippen molar-refractivity contribution < 1.29 is 4.79 Å². The van der Waals surface area contributed by atoms with Crippen LogP contribution >= 0.6 is 37.2 Å². The van der Waals surface area contributed by atoms with Crippen molar-refractivity contribution in [1.82, 2.24) is 10.2 Å². The van der Waals surface area contributed by atoms with Crippen LogP contribution in [0.1, 0.15) is 38.2 Å². The summed E-state index contributed by atoms with van der Waals surface area (Å²) in [5.74, 6) is 0.129. The molecular formula is C20H37Cl3N4O. The number of hydrogen-bond donors (Lipinski definition) is 2. The van der Waals surface area contributed by atoms with Gasteiger partial charge in [0, 0.05) is 50.9 Å². The molecule has 0 aliphatic carbocycles. The Labute approximate surface area is 189 Å². The van der Waals surface area contributed by atoms with Gasteiger partial charge in [0.15, 0.2) is 0 Å². The summed E-state index contributed by atoms with van der Waals surface area (Å²) in [6.07, 6.45) is 3.48. The molecule has 0 spiro atoms. The molecule has 1 saturated heterocycles. The van der Waals surface area contributed by atoms with Crippen LogP contribution in [-0.2, 0) is 4.79 Å². The molecule has 1 atom stereocenters. The fourth-order valence-corrected chi connectivity index (χ4v) is 3.19. The van der Waals surface area contributed by atoms with Gasteiger partial charge in [-0.3, -0.25) is 9.69 Å². The molecule has 1 heterocycles. The Morgan fingerprint density at radius 1 is 1.14 bits per heavy atom. The van der Waals surface area contributed by atoms with Crippen LogP contribution in [0.15, 0.2) is 24.3 Å². The van der Waals surface area contributed by atoms with Crippen LogP contribution in [0.5, 0.6) is 0 Å². The third-order valence-electron chi connectivity index (χ3n) is 4.79. The fourth-order valence-electron chi connectivity index (χ4n) is 3.19. The first-order chi connectivity index (χ1) is 12.0. The number of anilines is 1. The van der Waals surface area contributed by atoms with E-state index in [0.717, 1.165) is 58.5 Å². The number of halogens is 3. The number of nitrogens with one attached hydrogen (secondary N) is 1. The van der Waals surface area contributed by atoms with Gasteiger partial charge in [-0.2, -0.15) is 0 Å². The number of piperazine rings is 1. The first-order valence-electron chi connectivity index (χ1n) is 9.61. The van der Waals surface area contributed by atoms with Gasteiger partial charge in [-0.15, -0.1) is 37.2 Å². The highest BCUT2D eigenvalue weighted by molar-refractivity contribution is 5.86. The minimum Gasteiger partial charge on any atom is -0.369 e. The Morgan fingerprint density at radius 3 is 2.43 bits per heavy atom. The molecule has 1 aromatic carbocycles. The summed E-state index contributed by atoms with van der Waals surface area (Å²) < 4.78 is 0. The Bertz CT molecular complexity index is 538. The van der Waals surface area contributed by atoms with E-state index >= 15 is 0 Å². The summed E-state index contributed by atoms with van der Waals surface area (Å²) in [6, 6.07) is 8.86. The van der Waals surface area contributed by atoms with Gasteiger partial charge in [-0.05, 0) is 57.4 Å². The predicted molar refractivity (Wildman–Crippen MR) is 127 cm³/mol. The van der Waals surface area contributed by atoms with Crippen LogP contribution in [0.25, 0.3) is 0 Å². The summed E-state index contributed by atoms with van der Waals surface area (Å²) in [5.41, 5.74) is 8.33. The summed E-state index contributed by atoms with van der Waals surface area (Å²) in [4.78, 5) is 16.6. The van der Waals surface area contributed by atoms with E-state index in [1.807, 2.05) is 6.92 Å². The van der Waals surface area contributed by atoms with Gasteiger partial charge in [0.25, 0.3) is 0 Å². The van der Waals surface area contributed by atoms with E-state index in [4.69, 9.17) is 5.73 Å². The third kappa shape index (κ3) is 11.3. The number of nitrogens with zero attached hydrogens (tertiary/aromatic N) is 2. The molecule has 164 valence electrons. The van der Waals surface area contributed by atoms with Gasteiger partial charge in [0.2, 0.25) is 5.91 Å². The maximum atomic E-state index is 11.6. The molecule has 1 unspecified atom stereocenters.